The molecule has 1 aliphatic heterocycles. The average molecular weight is 214 g/mol. The Kier molecular flexibility index (Phi) is 3.24. The van der Waals surface area contributed by atoms with E-state index in [4.69, 9.17) is 21.1 Å². The Balaban J connectivity index is 1.85. The second kappa shape index (κ2) is 4.64. The van der Waals surface area contributed by atoms with Crippen LogP contribution < -0.4 is 10.1 Å². The number of nitrogens with one attached hydrogen (secondary N) is 1. The standard InChI is InChI=1S/C10H12ClNO2/c11-8-2-1-3-9(4-8)13-6-10-5-12-7-14-10/h1-4,10,12H,5-7H2. The molecule has 1 atom stereocenters. The zero-order chi connectivity index (χ0) is 9.80. The van der Waals surface area contributed by atoms with Gasteiger partial charge in [-0.25, -0.2) is 0 Å². The van der Waals surface area contributed by atoms with Crippen LogP contribution >= 0.6 is 11.6 Å². The Hall–Kier alpha value is -0.770. The molecule has 0 aliphatic carbocycles. The smallest absolute Gasteiger partial charge is 0.120 e. The first kappa shape index (κ1) is 9.77. The lowest BCUT2D eigenvalue weighted by molar-refractivity contribution is 0.0717. The fourth-order valence-electron chi connectivity index (χ4n) is 1.31. The third-order valence-corrected chi connectivity index (χ3v) is 2.26. The monoisotopic (exact) mass is 213 g/mol. The van der Waals surface area contributed by atoms with Crippen molar-refractivity contribution in [3.8, 4) is 5.75 Å². The van der Waals surface area contributed by atoms with Gasteiger partial charge in [-0.2, -0.15) is 0 Å². The minimum absolute atomic E-state index is 0.147. The maximum Gasteiger partial charge on any atom is 0.120 e. The van der Waals surface area contributed by atoms with Gasteiger partial charge in [0, 0.05) is 11.6 Å². The van der Waals surface area contributed by atoms with Crippen LogP contribution in [0.25, 0.3) is 0 Å². The number of hydrogen-bond donors (Lipinski definition) is 1. The highest BCUT2D eigenvalue weighted by Gasteiger charge is 2.15. The summed E-state index contributed by atoms with van der Waals surface area (Å²) in [4.78, 5) is 0. The highest BCUT2D eigenvalue weighted by molar-refractivity contribution is 6.30. The van der Waals surface area contributed by atoms with Crippen molar-refractivity contribution in [1.29, 1.82) is 0 Å². The van der Waals surface area contributed by atoms with Gasteiger partial charge in [-0.15, -0.1) is 0 Å². The van der Waals surface area contributed by atoms with Crippen LogP contribution in [0.3, 0.4) is 0 Å². The lowest BCUT2D eigenvalue weighted by Crippen LogP contribution is -2.21. The molecule has 0 bridgehead atoms. The van der Waals surface area contributed by atoms with E-state index in [0.717, 1.165) is 12.3 Å². The minimum atomic E-state index is 0.147. The molecule has 14 heavy (non-hydrogen) atoms. The van der Waals surface area contributed by atoms with Crippen LogP contribution in [0.1, 0.15) is 0 Å². The van der Waals surface area contributed by atoms with Crippen molar-refractivity contribution in [2.24, 2.45) is 0 Å². The molecule has 0 aromatic heterocycles. The highest BCUT2D eigenvalue weighted by atomic mass is 35.5. The van der Waals surface area contributed by atoms with Crippen molar-refractivity contribution >= 4 is 11.6 Å². The average Bonchev–Trinajstić information content (AvgIpc) is 2.67. The summed E-state index contributed by atoms with van der Waals surface area (Å²) in [5.74, 6) is 0.785. The Morgan fingerprint density at radius 2 is 2.50 bits per heavy atom. The first-order chi connectivity index (χ1) is 6.84. The summed E-state index contributed by atoms with van der Waals surface area (Å²) >= 11 is 5.82. The van der Waals surface area contributed by atoms with Crippen LogP contribution in [0.5, 0.6) is 5.75 Å². The highest BCUT2D eigenvalue weighted by Crippen LogP contribution is 2.17. The van der Waals surface area contributed by atoms with Gasteiger partial charge in [0.2, 0.25) is 0 Å². The number of rotatable bonds is 3. The number of halogens is 1. The quantitative estimate of drug-likeness (QED) is 0.829. The van der Waals surface area contributed by atoms with E-state index in [1.807, 2.05) is 18.2 Å². The summed E-state index contributed by atoms with van der Waals surface area (Å²) in [6.07, 6.45) is 0.147. The Morgan fingerprint density at radius 3 is 3.21 bits per heavy atom. The van der Waals surface area contributed by atoms with Gasteiger partial charge in [0.1, 0.15) is 18.5 Å². The number of hydrogen-bond acceptors (Lipinski definition) is 3. The van der Waals surface area contributed by atoms with Crippen molar-refractivity contribution in [3.05, 3.63) is 29.3 Å². The van der Waals surface area contributed by atoms with E-state index in [0.29, 0.717) is 18.4 Å². The Bertz CT molecular complexity index is 300. The number of ether oxygens (including phenoxy) is 2. The van der Waals surface area contributed by atoms with Gasteiger partial charge in [0.25, 0.3) is 0 Å². The third-order valence-electron chi connectivity index (χ3n) is 2.03. The molecule has 76 valence electrons. The molecule has 0 saturated carbocycles. The molecule has 0 amide bonds. The second-order valence-electron chi connectivity index (χ2n) is 3.16. The molecule has 1 saturated heterocycles. The van der Waals surface area contributed by atoms with Gasteiger partial charge in [0.15, 0.2) is 0 Å². The van der Waals surface area contributed by atoms with E-state index in [1.165, 1.54) is 0 Å². The minimum Gasteiger partial charge on any atom is -0.491 e. The zero-order valence-electron chi connectivity index (χ0n) is 7.70. The molecule has 0 spiro atoms. The van der Waals surface area contributed by atoms with Crippen molar-refractivity contribution in [3.63, 3.8) is 0 Å². The van der Waals surface area contributed by atoms with E-state index < -0.39 is 0 Å². The van der Waals surface area contributed by atoms with E-state index in [2.05, 4.69) is 5.32 Å². The van der Waals surface area contributed by atoms with E-state index in [9.17, 15) is 0 Å². The summed E-state index contributed by atoms with van der Waals surface area (Å²) in [7, 11) is 0. The molecular formula is C10H12ClNO2. The molecule has 1 heterocycles. The van der Waals surface area contributed by atoms with Crippen LogP contribution in [0.4, 0.5) is 0 Å². The lowest BCUT2D eigenvalue weighted by Gasteiger charge is -2.10. The fourth-order valence-corrected chi connectivity index (χ4v) is 1.49. The molecule has 1 fully saturated rings. The molecule has 4 heteroatoms. The lowest BCUT2D eigenvalue weighted by atomic mass is 10.3. The van der Waals surface area contributed by atoms with Gasteiger partial charge in [0.05, 0.1) is 6.73 Å². The topological polar surface area (TPSA) is 30.5 Å². The second-order valence-corrected chi connectivity index (χ2v) is 3.59. The Labute approximate surface area is 88.0 Å². The van der Waals surface area contributed by atoms with Crippen molar-refractivity contribution in [2.45, 2.75) is 6.10 Å². The van der Waals surface area contributed by atoms with Crippen LogP contribution in [0.15, 0.2) is 24.3 Å². The molecule has 0 radical (unpaired) electrons. The van der Waals surface area contributed by atoms with E-state index in [1.54, 1.807) is 6.07 Å². The van der Waals surface area contributed by atoms with Crippen LogP contribution in [-0.4, -0.2) is 26.0 Å². The van der Waals surface area contributed by atoms with Gasteiger partial charge >= 0.3 is 0 Å². The van der Waals surface area contributed by atoms with Gasteiger partial charge in [-0.1, -0.05) is 17.7 Å². The van der Waals surface area contributed by atoms with Gasteiger partial charge < -0.3 is 9.47 Å². The molecule has 1 N–H and O–H groups in total. The molecule has 1 aliphatic rings. The summed E-state index contributed by atoms with van der Waals surface area (Å²) in [5, 5.41) is 3.78. The maximum atomic E-state index is 5.82. The van der Waals surface area contributed by atoms with Crippen LogP contribution in [0, 0.1) is 0 Å². The van der Waals surface area contributed by atoms with E-state index in [-0.39, 0.29) is 6.10 Å². The summed E-state index contributed by atoms with van der Waals surface area (Å²) in [6.45, 7) is 2.03. The van der Waals surface area contributed by atoms with Crippen molar-refractivity contribution in [1.82, 2.24) is 5.32 Å². The zero-order valence-corrected chi connectivity index (χ0v) is 8.46. The predicted octanol–water partition coefficient (Wildman–Crippen LogP) is 1.66. The van der Waals surface area contributed by atoms with Crippen molar-refractivity contribution < 1.29 is 9.47 Å². The first-order valence-corrected chi connectivity index (χ1v) is 4.93. The molecule has 3 nitrogen and oxygen atoms in total. The first-order valence-electron chi connectivity index (χ1n) is 4.55. The normalized spacial score (nSPS) is 21.1. The number of benzene rings is 1. The van der Waals surface area contributed by atoms with Gasteiger partial charge in [-0.3, -0.25) is 5.32 Å². The molecule has 1 aromatic carbocycles. The molecule has 1 unspecified atom stereocenters. The summed E-state index contributed by atoms with van der Waals surface area (Å²) in [5.41, 5.74) is 0. The molecular weight excluding hydrogens is 202 g/mol. The van der Waals surface area contributed by atoms with Crippen LogP contribution in [0.2, 0.25) is 5.02 Å². The SMILES string of the molecule is Clc1cccc(OCC2CNCO2)c1. The van der Waals surface area contributed by atoms with Crippen molar-refractivity contribution in [2.75, 3.05) is 19.9 Å². The molecule has 2 rings (SSSR count). The largest absolute Gasteiger partial charge is 0.491 e. The van der Waals surface area contributed by atoms with E-state index >= 15 is 0 Å². The maximum absolute atomic E-state index is 5.82. The summed E-state index contributed by atoms with van der Waals surface area (Å²) in [6, 6.07) is 7.37. The predicted molar refractivity (Wildman–Crippen MR) is 54.7 cm³/mol. The summed E-state index contributed by atoms with van der Waals surface area (Å²) < 4.78 is 10.9. The molecule has 1 aromatic rings. The van der Waals surface area contributed by atoms with Gasteiger partial charge in [-0.05, 0) is 18.2 Å². The van der Waals surface area contributed by atoms with Crippen LogP contribution in [-0.2, 0) is 4.74 Å². The third kappa shape index (κ3) is 2.61. The fraction of sp³-hybridized carbons (Fsp3) is 0.400. The Morgan fingerprint density at radius 1 is 1.57 bits per heavy atom.